The molecular weight excluding hydrogens is 438 g/mol. The third-order valence-electron chi connectivity index (χ3n) is 5.11. The number of benzene rings is 2. The first-order valence-corrected chi connectivity index (χ1v) is 11.2. The van der Waals surface area contributed by atoms with Crippen LogP contribution in [0.25, 0.3) is 0 Å². The molecule has 1 aliphatic rings. The molecule has 9 heteroatoms. The molecule has 0 fully saturated rings. The van der Waals surface area contributed by atoms with Gasteiger partial charge in [0.2, 0.25) is 0 Å². The third-order valence-corrected chi connectivity index (χ3v) is 6.11. The maximum absolute atomic E-state index is 13.0. The molecule has 3 heterocycles. The second-order valence-electron chi connectivity index (χ2n) is 7.35. The van der Waals surface area contributed by atoms with Gasteiger partial charge in [-0.2, -0.15) is 0 Å². The van der Waals surface area contributed by atoms with Gasteiger partial charge >= 0.3 is 0 Å². The average molecular weight is 458 g/mol. The fourth-order valence-electron chi connectivity index (χ4n) is 3.47. The molecule has 0 atom stereocenters. The lowest BCUT2D eigenvalue weighted by Gasteiger charge is -2.26. The standard InChI is InChI=1S/C24H19N5O3S/c30-22(20-14-25-11-12-26-20)28-24-27-19-10-13-29(15-21(19)33-24)23(31)16-6-8-18(9-7-16)32-17-4-2-1-3-5-17/h1-9,11-12,14H,10,13,15H2,(H,27,28,30). The van der Waals surface area contributed by atoms with Crippen LogP contribution in [0.15, 0.2) is 73.2 Å². The number of carbonyl (C=O) groups excluding carboxylic acids is 2. The zero-order chi connectivity index (χ0) is 22.6. The summed E-state index contributed by atoms with van der Waals surface area (Å²) >= 11 is 1.37. The summed E-state index contributed by atoms with van der Waals surface area (Å²) in [7, 11) is 0. The van der Waals surface area contributed by atoms with E-state index in [9.17, 15) is 9.59 Å². The summed E-state index contributed by atoms with van der Waals surface area (Å²) in [5.74, 6) is 1.00. The highest BCUT2D eigenvalue weighted by Gasteiger charge is 2.25. The molecule has 2 aromatic carbocycles. The van der Waals surface area contributed by atoms with Crippen molar-refractivity contribution < 1.29 is 14.3 Å². The van der Waals surface area contributed by atoms with E-state index in [0.717, 1.165) is 16.3 Å². The highest BCUT2D eigenvalue weighted by atomic mass is 32.1. The summed E-state index contributed by atoms with van der Waals surface area (Å²) in [4.78, 5) is 40.5. The lowest BCUT2D eigenvalue weighted by molar-refractivity contribution is 0.0736. The molecule has 8 nitrogen and oxygen atoms in total. The highest BCUT2D eigenvalue weighted by Crippen LogP contribution is 2.29. The Kier molecular flexibility index (Phi) is 5.77. The van der Waals surface area contributed by atoms with Crippen molar-refractivity contribution >= 4 is 28.3 Å². The molecule has 0 saturated carbocycles. The monoisotopic (exact) mass is 457 g/mol. The number of rotatable bonds is 5. The molecule has 2 aromatic heterocycles. The number of fused-ring (bicyclic) bond motifs is 1. The fraction of sp³-hybridized carbons (Fsp3) is 0.125. The van der Waals surface area contributed by atoms with E-state index in [1.807, 2.05) is 30.3 Å². The Morgan fingerprint density at radius 3 is 2.55 bits per heavy atom. The molecule has 4 aromatic rings. The number of anilines is 1. The van der Waals surface area contributed by atoms with E-state index in [0.29, 0.717) is 36.0 Å². The van der Waals surface area contributed by atoms with Gasteiger partial charge in [0.05, 0.1) is 18.4 Å². The summed E-state index contributed by atoms with van der Waals surface area (Å²) in [6.07, 6.45) is 5.01. The zero-order valence-electron chi connectivity index (χ0n) is 17.5. The van der Waals surface area contributed by atoms with Gasteiger partial charge in [0.15, 0.2) is 5.13 Å². The number of ether oxygens (including phenoxy) is 1. The predicted molar refractivity (Wildman–Crippen MR) is 124 cm³/mol. The maximum atomic E-state index is 13.0. The van der Waals surface area contributed by atoms with Gasteiger partial charge in [-0.15, -0.1) is 0 Å². The van der Waals surface area contributed by atoms with E-state index < -0.39 is 0 Å². The number of amides is 2. The number of hydrogen-bond donors (Lipinski definition) is 1. The summed E-state index contributed by atoms with van der Waals surface area (Å²) in [6.45, 7) is 1.02. The van der Waals surface area contributed by atoms with Crippen LogP contribution in [0.5, 0.6) is 11.5 Å². The van der Waals surface area contributed by atoms with Crippen LogP contribution in [-0.2, 0) is 13.0 Å². The van der Waals surface area contributed by atoms with Gasteiger partial charge in [-0.3, -0.25) is 19.9 Å². The normalized spacial score (nSPS) is 12.7. The SMILES string of the molecule is O=C(Nc1nc2c(s1)CN(C(=O)c1ccc(Oc3ccccc3)cc1)CC2)c1cnccn1. The summed E-state index contributed by atoms with van der Waals surface area (Å²) in [5.41, 5.74) is 1.73. The maximum Gasteiger partial charge on any atom is 0.277 e. The Morgan fingerprint density at radius 2 is 1.79 bits per heavy atom. The highest BCUT2D eigenvalue weighted by molar-refractivity contribution is 7.15. The van der Waals surface area contributed by atoms with Crippen molar-refractivity contribution in [3.05, 3.63) is 95.0 Å². The largest absolute Gasteiger partial charge is 0.457 e. The molecule has 164 valence electrons. The van der Waals surface area contributed by atoms with Crippen LogP contribution in [0.4, 0.5) is 5.13 Å². The topological polar surface area (TPSA) is 97.3 Å². The second kappa shape index (κ2) is 9.17. The van der Waals surface area contributed by atoms with Crippen molar-refractivity contribution in [2.45, 2.75) is 13.0 Å². The molecule has 0 radical (unpaired) electrons. The van der Waals surface area contributed by atoms with Gasteiger partial charge in [0.1, 0.15) is 17.2 Å². The first-order chi connectivity index (χ1) is 16.2. The number of para-hydroxylation sites is 1. The lowest BCUT2D eigenvalue weighted by atomic mass is 10.1. The van der Waals surface area contributed by atoms with Crippen molar-refractivity contribution in [3.63, 3.8) is 0 Å². The third kappa shape index (κ3) is 4.73. The lowest BCUT2D eigenvalue weighted by Crippen LogP contribution is -2.35. The van der Waals surface area contributed by atoms with Crippen LogP contribution >= 0.6 is 11.3 Å². The second-order valence-corrected chi connectivity index (χ2v) is 8.43. The van der Waals surface area contributed by atoms with Crippen LogP contribution in [-0.4, -0.2) is 38.2 Å². The smallest absolute Gasteiger partial charge is 0.277 e. The minimum absolute atomic E-state index is 0.0505. The van der Waals surface area contributed by atoms with Gasteiger partial charge in [-0.1, -0.05) is 29.5 Å². The molecule has 0 aliphatic carbocycles. The number of carbonyl (C=O) groups is 2. The van der Waals surface area contributed by atoms with Crippen molar-refractivity contribution in [1.29, 1.82) is 0 Å². The van der Waals surface area contributed by atoms with E-state index >= 15 is 0 Å². The van der Waals surface area contributed by atoms with Gasteiger partial charge in [0.25, 0.3) is 11.8 Å². The molecule has 0 saturated heterocycles. The summed E-state index contributed by atoms with van der Waals surface area (Å²) in [5, 5.41) is 3.26. The Balaban J connectivity index is 1.23. The van der Waals surface area contributed by atoms with Crippen molar-refractivity contribution in [2.24, 2.45) is 0 Å². The van der Waals surface area contributed by atoms with Crippen LogP contribution < -0.4 is 10.1 Å². The molecular formula is C24H19N5O3S. The molecule has 2 amide bonds. The van der Waals surface area contributed by atoms with Gasteiger partial charge in [-0.25, -0.2) is 9.97 Å². The Labute approximate surface area is 193 Å². The predicted octanol–water partition coefficient (Wildman–Crippen LogP) is 4.18. The van der Waals surface area contributed by atoms with E-state index in [4.69, 9.17) is 4.74 Å². The number of nitrogens with one attached hydrogen (secondary N) is 1. The number of hydrogen-bond acceptors (Lipinski definition) is 7. The molecule has 1 aliphatic heterocycles. The quantitative estimate of drug-likeness (QED) is 0.483. The van der Waals surface area contributed by atoms with Crippen molar-refractivity contribution in [2.75, 3.05) is 11.9 Å². The molecule has 0 bridgehead atoms. The first-order valence-electron chi connectivity index (χ1n) is 10.3. The first kappa shape index (κ1) is 20.8. The van der Waals surface area contributed by atoms with Crippen LogP contribution in [0.3, 0.4) is 0 Å². The molecule has 5 rings (SSSR count). The Morgan fingerprint density at radius 1 is 1.00 bits per heavy atom. The van der Waals surface area contributed by atoms with E-state index in [1.165, 1.54) is 29.9 Å². The minimum atomic E-state index is -0.361. The number of thiazole rings is 1. The Hall–Kier alpha value is -4.11. The van der Waals surface area contributed by atoms with Crippen LogP contribution in [0, 0.1) is 0 Å². The number of nitrogens with zero attached hydrogens (tertiary/aromatic N) is 4. The summed E-state index contributed by atoms with van der Waals surface area (Å²) < 4.78 is 5.80. The van der Waals surface area contributed by atoms with Crippen LogP contribution in [0.1, 0.15) is 31.4 Å². The fourth-order valence-corrected chi connectivity index (χ4v) is 4.49. The Bertz CT molecular complexity index is 1280. The minimum Gasteiger partial charge on any atom is -0.457 e. The average Bonchev–Trinajstić information content (AvgIpc) is 3.26. The molecule has 0 spiro atoms. The molecule has 1 N–H and O–H groups in total. The number of aromatic nitrogens is 3. The van der Waals surface area contributed by atoms with Gasteiger partial charge in [0, 0.05) is 35.8 Å². The summed E-state index contributed by atoms with van der Waals surface area (Å²) in [6, 6.07) is 16.6. The van der Waals surface area contributed by atoms with Gasteiger partial charge in [-0.05, 0) is 36.4 Å². The van der Waals surface area contributed by atoms with Crippen molar-refractivity contribution in [3.8, 4) is 11.5 Å². The van der Waals surface area contributed by atoms with Crippen LogP contribution in [0.2, 0.25) is 0 Å². The van der Waals surface area contributed by atoms with E-state index in [2.05, 4.69) is 20.3 Å². The van der Waals surface area contributed by atoms with E-state index in [-0.39, 0.29) is 17.5 Å². The van der Waals surface area contributed by atoms with Crippen molar-refractivity contribution in [1.82, 2.24) is 19.9 Å². The van der Waals surface area contributed by atoms with E-state index in [1.54, 1.807) is 29.2 Å². The molecule has 33 heavy (non-hydrogen) atoms. The molecule has 0 unspecified atom stereocenters. The van der Waals surface area contributed by atoms with Gasteiger partial charge < -0.3 is 9.64 Å². The zero-order valence-corrected chi connectivity index (χ0v) is 18.3.